The van der Waals surface area contributed by atoms with Gasteiger partial charge >= 0.3 is 0 Å². The summed E-state index contributed by atoms with van der Waals surface area (Å²) in [6.07, 6.45) is 8.00. The van der Waals surface area contributed by atoms with E-state index >= 15 is 0 Å². The molecule has 0 amide bonds. The van der Waals surface area contributed by atoms with Gasteiger partial charge in [-0.1, -0.05) is 24.6 Å². The van der Waals surface area contributed by atoms with Crippen LogP contribution in [0.4, 0.5) is 0 Å². The van der Waals surface area contributed by atoms with E-state index in [1.165, 1.54) is 50.6 Å². The third kappa shape index (κ3) is 3.11. The summed E-state index contributed by atoms with van der Waals surface area (Å²) in [4.78, 5) is 7.58. The molecule has 136 valence electrons. The molecule has 3 fully saturated rings. The first kappa shape index (κ1) is 16.7. The monoisotopic (exact) mass is 341 g/mol. The van der Waals surface area contributed by atoms with Crippen molar-refractivity contribution in [3.8, 4) is 5.75 Å². The molecular weight excluding hydrogens is 310 g/mol. The Morgan fingerprint density at radius 3 is 2.60 bits per heavy atom. The number of aliphatic imine (C=N–C) groups is 1. The molecule has 4 nitrogen and oxygen atoms in total. The van der Waals surface area contributed by atoms with Gasteiger partial charge in [-0.25, -0.2) is 0 Å². The standard InChI is InChI=1S/C21H31N3O/c1-3-22-19(24-14-13-20(16-24)9-6-10-20)23-15-21(11-12-21)17-7-4-5-8-18(17)25-2/h4-5,7-8H,3,6,9-16H2,1-2H3,(H,22,23). The molecule has 3 aliphatic rings. The predicted molar refractivity (Wildman–Crippen MR) is 102 cm³/mol. The minimum atomic E-state index is 0.182. The number of benzene rings is 1. The number of guanidine groups is 1. The molecule has 1 aliphatic heterocycles. The Morgan fingerprint density at radius 1 is 1.20 bits per heavy atom. The van der Waals surface area contributed by atoms with Crippen LogP contribution in [-0.2, 0) is 5.41 Å². The van der Waals surface area contributed by atoms with Crippen molar-refractivity contribution in [2.24, 2.45) is 10.4 Å². The van der Waals surface area contributed by atoms with Crippen molar-refractivity contribution < 1.29 is 4.74 Å². The second-order valence-corrected chi connectivity index (χ2v) is 8.18. The number of rotatable bonds is 5. The van der Waals surface area contributed by atoms with Gasteiger partial charge in [0.2, 0.25) is 0 Å². The van der Waals surface area contributed by atoms with E-state index in [1.807, 2.05) is 6.07 Å². The Hall–Kier alpha value is -1.71. The minimum Gasteiger partial charge on any atom is -0.496 e. The lowest BCUT2D eigenvalue weighted by Crippen LogP contribution is -2.43. The van der Waals surface area contributed by atoms with Crippen LogP contribution in [0, 0.1) is 5.41 Å². The lowest BCUT2D eigenvalue weighted by molar-refractivity contribution is 0.151. The van der Waals surface area contributed by atoms with Gasteiger partial charge in [-0.05, 0) is 50.5 Å². The van der Waals surface area contributed by atoms with Crippen LogP contribution >= 0.6 is 0 Å². The summed E-state index contributed by atoms with van der Waals surface area (Å²) in [7, 11) is 1.77. The zero-order valence-electron chi connectivity index (χ0n) is 15.7. The van der Waals surface area contributed by atoms with Gasteiger partial charge in [0.05, 0.1) is 13.7 Å². The van der Waals surface area contributed by atoms with Crippen LogP contribution in [0.3, 0.4) is 0 Å². The van der Waals surface area contributed by atoms with E-state index in [-0.39, 0.29) is 5.41 Å². The van der Waals surface area contributed by atoms with Gasteiger partial charge in [-0.15, -0.1) is 0 Å². The van der Waals surface area contributed by atoms with E-state index in [0.29, 0.717) is 5.41 Å². The molecule has 1 spiro atoms. The molecule has 0 unspecified atom stereocenters. The Bertz CT molecular complexity index is 646. The van der Waals surface area contributed by atoms with Gasteiger partial charge in [0.15, 0.2) is 5.96 Å². The summed E-state index contributed by atoms with van der Waals surface area (Å²) in [6.45, 7) is 6.31. The third-order valence-electron chi connectivity index (χ3n) is 6.55. The first-order valence-corrected chi connectivity index (χ1v) is 9.87. The summed E-state index contributed by atoms with van der Waals surface area (Å²) >= 11 is 0. The van der Waals surface area contributed by atoms with Crippen molar-refractivity contribution >= 4 is 5.96 Å². The SMILES string of the molecule is CCNC(=NCC1(c2ccccc2OC)CC1)N1CCC2(CCC2)C1. The third-order valence-corrected chi connectivity index (χ3v) is 6.55. The molecule has 25 heavy (non-hydrogen) atoms. The average Bonchev–Trinajstić information content (AvgIpc) is 3.26. The quantitative estimate of drug-likeness (QED) is 0.657. The van der Waals surface area contributed by atoms with E-state index in [9.17, 15) is 0 Å². The number of ether oxygens (including phenoxy) is 1. The maximum absolute atomic E-state index is 5.60. The lowest BCUT2D eigenvalue weighted by atomic mass is 9.68. The first-order valence-electron chi connectivity index (χ1n) is 9.87. The number of para-hydroxylation sites is 1. The number of nitrogens with zero attached hydrogens (tertiary/aromatic N) is 2. The second kappa shape index (κ2) is 6.54. The molecule has 1 saturated heterocycles. The summed E-state index contributed by atoms with van der Waals surface area (Å²) < 4.78 is 5.60. The second-order valence-electron chi connectivity index (χ2n) is 8.18. The molecule has 1 N–H and O–H groups in total. The van der Waals surface area contributed by atoms with E-state index in [1.54, 1.807) is 7.11 Å². The van der Waals surface area contributed by atoms with Crippen LogP contribution < -0.4 is 10.1 Å². The van der Waals surface area contributed by atoms with E-state index < -0.39 is 0 Å². The highest BCUT2D eigenvalue weighted by molar-refractivity contribution is 5.80. The van der Waals surface area contributed by atoms with E-state index in [2.05, 4.69) is 35.3 Å². The largest absolute Gasteiger partial charge is 0.496 e. The molecule has 4 heteroatoms. The molecule has 0 atom stereocenters. The van der Waals surface area contributed by atoms with E-state index in [4.69, 9.17) is 9.73 Å². The van der Waals surface area contributed by atoms with Gasteiger partial charge in [0.1, 0.15) is 5.75 Å². The molecule has 4 rings (SSSR count). The van der Waals surface area contributed by atoms with Crippen molar-refractivity contribution in [2.75, 3.05) is 33.3 Å². The lowest BCUT2D eigenvalue weighted by Gasteiger charge is -2.38. The van der Waals surface area contributed by atoms with Crippen LogP contribution in [0.25, 0.3) is 0 Å². The normalized spacial score (nSPS) is 23.4. The fourth-order valence-corrected chi connectivity index (χ4v) is 4.60. The molecular formula is C21H31N3O. The molecule has 2 aliphatic carbocycles. The molecule has 0 aromatic heterocycles. The van der Waals surface area contributed by atoms with Gasteiger partial charge in [-0.2, -0.15) is 0 Å². The highest BCUT2D eigenvalue weighted by Gasteiger charge is 2.47. The molecule has 1 aromatic carbocycles. The van der Waals surface area contributed by atoms with Crippen molar-refractivity contribution in [3.05, 3.63) is 29.8 Å². The van der Waals surface area contributed by atoms with E-state index in [0.717, 1.165) is 31.3 Å². The highest BCUT2D eigenvalue weighted by atomic mass is 16.5. The zero-order chi connectivity index (χ0) is 17.3. The molecule has 1 aromatic rings. The molecule has 0 bridgehead atoms. The van der Waals surface area contributed by atoms with Crippen LogP contribution in [0.5, 0.6) is 5.75 Å². The summed E-state index contributed by atoms with van der Waals surface area (Å²) in [5.74, 6) is 2.13. The Balaban J connectivity index is 1.50. The van der Waals surface area contributed by atoms with Crippen molar-refractivity contribution in [2.45, 2.75) is 50.9 Å². The fraction of sp³-hybridized carbons (Fsp3) is 0.667. The maximum Gasteiger partial charge on any atom is 0.193 e. The van der Waals surface area contributed by atoms with Gasteiger partial charge in [-0.3, -0.25) is 4.99 Å². The Kier molecular flexibility index (Phi) is 4.38. The van der Waals surface area contributed by atoms with Gasteiger partial charge in [0.25, 0.3) is 0 Å². The highest BCUT2D eigenvalue weighted by Crippen LogP contribution is 2.52. The van der Waals surface area contributed by atoms with Gasteiger partial charge in [0, 0.05) is 30.6 Å². The van der Waals surface area contributed by atoms with Crippen LogP contribution in [-0.4, -0.2) is 44.1 Å². The number of nitrogens with one attached hydrogen (secondary N) is 1. The molecule has 1 heterocycles. The summed E-state index contributed by atoms with van der Waals surface area (Å²) in [5, 5.41) is 3.54. The fourth-order valence-electron chi connectivity index (χ4n) is 4.60. The predicted octanol–water partition coefficient (Wildman–Crippen LogP) is 3.57. The minimum absolute atomic E-state index is 0.182. The molecule has 0 radical (unpaired) electrons. The Morgan fingerprint density at radius 2 is 2.00 bits per heavy atom. The summed E-state index contributed by atoms with van der Waals surface area (Å²) in [6, 6.07) is 8.46. The Labute approximate surface area is 151 Å². The number of hydrogen-bond acceptors (Lipinski definition) is 2. The first-order chi connectivity index (χ1) is 12.2. The smallest absolute Gasteiger partial charge is 0.193 e. The zero-order valence-corrected chi connectivity index (χ0v) is 15.7. The number of likely N-dealkylation sites (tertiary alicyclic amines) is 1. The topological polar surface area (TPSA) is 36.9 Å². The number of hydrogen-bond donors (Lipinski definition) is 1. The molecule has 2 saturated carbocycles. The summed E-state index contributed by atoms with van der Waals surface area (Å²) in [5.41, 5.74) is 2.12. The maximum atomic E-state index is 5.60. The van der Waals surface area contributed by atoms with Crippen molar-refractivity contribution in [1.29, 1.82) is 0 Å². The van der Waals surface area contributed by atoms with Crippen LogP contribution in [0.1, 0.15) is 51.0 Å². The average molecular weight is 341 g/mol. The van der Waals surface area contributed by atoms with Crippen molar-refractivity contribution in [1.82, 2.24) is 10.2 Å². The van der Waals surface area contributed by atoms with Gasteiger partial charge < -0.3 is 15.0 Å². The van der Waals surface area contributed by atoms with Crippen molar-refractivity contribution in [3.63, 3.8) is 0 Å². The van der Waals surface area contributed by atoms with Crippen LogP contribution in [0.2, 0.25) is 0 Å². The van der Waals surface area contributed by atoms with Crippen LogP contribution in [0.15, 0.2) is 29.3 Å². The number of methoxy groups -OCH3 is 1.